The van der Waals surface area contributed by atoms with Gasteiger partial charge in [0.05, 0.1) is 37.9 Å². The van der Waals surface area contributed by atoms with Crippen LogP contribution in [-0.2, 0) is 9.59 Å². The molecule has 10 nitrogen and oxygen atoms in total. The lowest BCUT2D eigenvalue weighted by Gasteiger charge is -2.27. The Morgan fingerprint density at radius 2 is 1.50 bits per heavy atom. The summed E-state index contributed by atoms with van der Waals surface area (Å²) >= 11 is 0. The van der Waals surface area contributed by atoms with Gasteiger partial charge in [-0.05, 0) is 48.5 Å². The van der Waals surface area contributed by atoms with E-state index in [1.165, 1.54) is 50.5 Å². The van der Waals surface area contributed by atoms with Crippen LogP contribution in [0.4, 0.5) is 11.4 Å². The highest BCUT2D eigenvalue weighted by Crippen LogP contribution is 2.46. The number of ether oxygens (including phenoxy) is 3. The lowest BCUT2D eigenvalue weighted by atomic mass is 9.94. The molecule has 3 aromatic carbocycles. The van der Waals surface area contributed by atoms with Crippen LogP contribution in [0, 0.1) is 10.1 Å². The number of amides is 1. The number of aliphatic hydroxyl groups is 1. The normalized spacial score (nSPS) is 16.6. The van der Waals surface area contributed by atoms with Crippen molar-refractivity contribution in [1.29, 1.82) is 0 Å². The quantitative estimate of drug-likeness (QED) is 0.171. The Hall–Kier alpha value is -4.86. The molecule has 10 heteroatoms. The van der Waals surface area contributed by atoms with E-state index in [4.69, 9.17) is 14.2 Å². The number of carbonyl (C=O) groups is 2. The minimum absolute atomic E-state index is 0.144. The summed E-state index contributed by atoms with van der Waals surface area (Å²) in [5.41, 5.74) is 0.595. The minimum atomic E-state index is -1.06. The molecule has 1 atom stereocenters. The van der Waals surface area contributed by atoms with E-state index in [1.54, 1.807) is 42.5 Å². The molecule has 1 saturated heterocycles. The second kappa shape index (κ2) is 9.79. The molecule has 36 heavy (non-hydrogen) atoms. The smallest absolute Gasteiger partial charge is 0.300 e. The van der Waals surface area contributed by atoms with E-state index in [0.717, 1.165) is 0 Å². The predicted octanol–water partition coefficient (Wildman–Crippen LogP) is 4.25. The first-order valence-corrected chi connectivity index (χ1v) is 10.7. The number of nitrogens with zero attached hydrogens (tertiary/aromatic N) is 2. The number of nitro groups is 1. The zero-order valence-electron chi connectivity index (χ0n) is 19.6. The number of anilines is 1. The number of hydrogen-bond acceptors (Lipinski definition) is 8. The van der Waals surface area contributed by atoms with E-state index in [-0.39, 0.29) is 16.8 Å². The standard InChI is InChI=1S/C26H22N2O8/c1-34-18-10-8-16(9-11-18)27-23(20-13-12-19(35-2)14-21(20)36-3)22(25(30)26(27)31)24(29)15-4-6-17(7-5-15)28(32)33/h4-14,23,29H,1-3H3. The van der Waals surface area contributed by atoms with E-state index in [2.05, 4.69) is 0 Å². The van der Waals surface area contributed by atoms with Crippen molar-refractivity contribution < 1.29 is 33.8 Å². The van der Waals surface area contributed by atoms with Crippen LogP contribution >= 0.6 is 0 Å². The molecule has 0 bridgehead atoms. The fourth-order valence-corrected chi connectivity index (χ4v) is 4.08. The Morgan fingerprint density at radius 1 is 0.889 bits per heavy atom. The summed E-state index contributed by atoms with van der Waals surface area (Å²) in [5, 5.41) is 22.2. The van der Waals surface area contributed by atoms with Crippen LogP contribution in [0.25, 0.3) is 5.76 Å². The van der Waals surface area contributed by atoms with Gasteiger partial charge in [-0.25, -0.2) is 0 Å². The van der Waals surface area contributed by atoms with Crippen LogP contribution in [0.15, 0.2) is 72.3 Å². The molecule has 0 spiro atoms. The van der Waals surface area contributed by atoms with E-state index in [1.807, 2.05) is 0 Å². The monoisotopic (exact) mass is 490 g/mol. The largest absolute Gasteiger partial charge is 0.507 e. The fraction of sp³-hybridized carbons (Fsp3) is 0.154. The molecule has 4 rings (SSSR count). The third-order valence-corrected chi connectivity index (χ3v) is 5.88. The van der Waals surface area contributed by atoms with Gasteiger partial charge in [0.15, 0.2) is 0 Å². The zero-order valence-corrected chi connectivity index (χ0v) is 19.6. The summed E-state index contributed by atoms with van der Waals surface area (Å²) < 4.78 is 16.0. The maximum atomic E-state index is 13.3. The summed E-state index contributed by atoms with van der Waals surface area (Å²) in [5.74, 6) is -0.861. The number of non-ortho nitro benzene ring substituents is 1. The van der Waals surface area contributed by atoms with Gasteiger partial charge in [0.2, 0.25) is 0 Å². The van der Waals surface area contributed by atoms with Crippen molar-refractivity contribution in [3.05, 3.63) is 93.5 Å². The summed E-state index contributed by atoms with van der Waals surface area (Å²) in [6.45, 7) is 0. The van der Waals surface area contributed by atoms with Gasteiger partial charge in [-0.15, -0.1) is 0 Å². The van der Waals surface area contributed by atoms with Gasteiger partial charge in [0, 0.05) is 35.0 Å². The molecule has 1 unspecified atom stereocenters. The van der Waals surface area contributed by atoms with E-state index < -0.39 is 28.4 Å². The molecule has 0 radical (unpaired) electrons. The molecule has 0 saturated carbocycles. The molecule has 1 aliphatic heterocycles. The number of aliphatic hydroxyl groups excluding tert-OH is 1. The first-order valence-electron chi connectivity index (χ1n) is 10.7. The number of Topliss-reactive ketones (excluding diaryl/α,β-unsaturated/α-hetero) is 1. The lowest BCUT2D eigenvalue weighted by Crippen LogP contribution is -2.29. The Labute approximate surface area is 206 Å². The van der Waals surface area contributed by atoms with Crippen LogP contribution in [-0.4, -0.2) is 43.0 Å². The van der Waals surface area contributed by atoms with Gasteiger partial charge in [-0.1, -0.05) is 0 Å². The number of rotatable bonds is 7. The number of methoxy groups -OCH3 is 3. The summed E-state index contributed by atoms with van der Waals surface area (Å²) in [4.78, 5) is 38.3. The average Bonchev–Trinajstić information content (AvgIpc) is 3.17. The van der Waals surface area contributed by atoms with Crippen molar-refractivity contribution in [1.82, 2.24) is 0 Å². The van der Waals surface area contributed by atoms with E-state index in [0.29, 0.717) is 28.5 Å². The van der Waals surface area contributed by atoms with Crippen molar-refractivity contribution in [2.45, 2.75) is 6.04 Å². The molecule has 1 N–H and O–H groups in total. The Kier molecular flexibility index (Phi) is 6.60. The highest BCUT2D eigenvalue weighted by Gasteiger charge is 2.48. The van der Waals surface area contributed by atoms with Crippen molar-refractivity contribution in [3.63, 3.8) is 0 Å². The van der Waals surface area contributed by atoms with Crippen LogP contribution in [0.1, 0.15) is 17.2 Å². The zero-order chi connectivity index (χ0) is 26.0. The molecule has 1 heterocycles. The fourth-order valence-electron chi connectivity index (χ4n) is 4.08. The van der Waals surface area contributed by atoms with Crippen LogP contribution in [0.5, 0.6) is 17.2 Å². The third-order valence-electron chi connectivity index (χ3n) is 5.88. The van der Waals surface area contributed by atoms with Gasteiger partial charge >= 0.3 is 0 Å². The van der Waals surface area contributed by atoms with Crippen LogP contribution < -0.4 is 19.1 Å². The first-order chi connectivity index (χ1) is 17.3. The van der Waals surface area contributed by atoms with Gasteiger partial charge in [0.1, 0.15) is 23.0 Å². The highest BCUT2D eigenvalue weighted by atomic mass is 16.6. The molecule has 0 aromatic heterocycles. The predicted molar refractivity (Wildman–Crippen MR) is 130 cm³/mol. The maximum absolute atomic E-state index is 13.3. The van der Waals surface area contributed by atoms with Gasteiger partial charge in [0.25, 0.3) is 17.4 Å². The lowest BCUT2D eigenvalue weighted by molar-refractivity contribution is -0.384. The van der Waals surface area contributed by atoms with Gasteiger partial charge < -0.3 is 19.3 Å². The van der Waals surface area contributed by atoms with Crippen LogP contribution in [0.3, 0.4) is 0 Å². The molecule has 1 aliphatic rings. The van der Waals surface area contributed by atoms with Crippen molar-refractivity contribution in [2.24, 2.45) is 0 Å². The summed E-state index contributed by atoms with van der Waals surface area (Å²) in [6, 6.07) is 15.4. The highest BCUT2D eigenvalue weighted by molar-refractivity contribution is 6.51. The van der Waals surface area contributed by atoms with Crippen molar-refractivity contribution in [2.75, 3.05) is 26.2 Å². The SMILES string of the molecule is COc1ccc(N2C(=O)C(=O)C(=C(O)c3ccc([N+](=O)[O-])cc3)C2c2ccc(OC)cc2OC)cc1. The van der Waals surface area contributed by atoms with Gasteiger partial charge in [-0.3, -0.25) is 24.6 Å². The average molecular weight is 490 g/mol. The molecular weight excluding hydrogens is 468 g/mol. The number of hydrogen-bond donors (Lipinski definition) is 1. The topological polar surface area (TPSA) is 128 Å². The Bertz CT molecular complexity index is 1360. The van der Waals surface area contributed by atoms with Crippen molar-refractivity contribution in [3.8, 4) is 17.2 Å². The van der Waals surface area contributed by atoms with E-state index in [9.17, 15) is 24.8 Å². The number of ketones is 1. The molecule has 184 valence electrons. The van der Waals surface area contributed by atoms with Crippen LogP contribution in [0.2, 0.25) is 0 Å². The molecular formula is C26H22N2O8. The molecule has 1 amide bonds. The number of nitro benzene ring substituents is 1. The minimum Gasteiger partial charge on any atom is -0.507 e. The molecule has 1 fully saturated rings. The maximum Gasteiger partial charge on any atom is 0.300 e. The number of benzene rings is 3. The second-order valence-corrected chi connectivity index (χ2v) is 7.78. The summed E-state index contributed by atoms with van der Waals surface area (Å²) in [7, 11) is 4.44. The molecule has 0 aliphatic carbocycles. The Morgan fingerprint density at radius 3 is 2.06 bits per heavy atom. The van der Waals surface area contributed by atoms with Crippen molar-refractivity contribution >= 4 is 28.8 Å². The Balaban J connectivity index is 1.95. The second-order valence-electron chi connectivity index (χ2n) is 7.78. The molecule has 3 aromatic rings. The summed E-state index contributed by atoms with van der Waals surface area (Å²) in [6.07, 6.45) is 0. The van der Waals surface area contributed by atoms with E-state index >= 15 is 0 Å². The number of carbonyl (C=O) groups excluding carboxylic acids is 2. The van der Waals surface area contributed by atoms with Gasteiger partial charge in [-0.2, -0.15) is 0 Å². The first kappa shape index (κ1) is 24.3. The third kappa shape index (κ3) is 4.20.